The lowest BCUT2D eigenvalue weighted by Crippen LogP contribution is -2.14. The number of nitrogens with zero attached hydrogens (tertiary/aromatic N) is 3. The molecule has 0 radical (unpaired) electrons. The van der Waals surface area contributed by atoms with E-state index in [1.54, 1.807) is 11.6 Å². The molecule has 6 nitrogen and oxygen atoms in total. The van der Waals surface area contributed by atoms with Crippen LogP contribution in [0.15, 0.2) is 76.4 Å². The number of methoxy groups -OCH3 is 1. The van der Waals surface area contributed by atoms with Crippen LogP contribution >= 0.6 is 27.7 Å². The molecule has 0 fully saturated rings. The number of hydrogen-bond acceptors (Lipinski definition) is 5. The number of hydrogen-bond donors (Lipinski definition) is 1. The average Bonchev–Trinajstić information content (AvgIpc) is 3.17. The minimum atomic E-state index is -0.0798. The van der Waals surface area contributed by atoms with Gasteiger partial charge in [0.2, 0.25) is 5.91 Å². The van der Waals surface area contributed by atoms with E-state index in [1.165, 1.54) is 11.8 Å². The maximum absolute atomic E-state index is 12.2. The molecule has 0 atom stereocenters. The van der Waals surface area contributed by atoms with E-state index >= 15 is 0 Å². The summed E-state index contributed by atoms with van der Waals surface area (Å²) in [6.45, 7) is 0. The molecule has 0 aliphatic rings. The molecule has 0 aliphatic carbocycles. The second-order valence-corrected chi connectivity index (χ2v) is 8.08. The highest BCUT2D eigenvalue weighted by molar-refractivity contribution is 9.10. The number of benzene rings is 2. The van der Waals surface area contributed by atoms with Crippen molar-refractivity contribution in [2.45, 2.75) is 5.03 Å². The first-order valence-electron chi connectivity index (χ1n) is 8.80. The Labute approximate surface area is 180 Å². The van der Waals surface area contributed by atoms with Gasteiger partial charge in [-0.3, -0.25) is 4.79 Å². The van der Waals surface area contributed by atoms with E-state index in [-0.39, 0.29) is 11.7 Å². The highest BCUT2D eigenvalue weighted by Crippen LogP contribution is 2.23. The molecule has 2 heterocycles. The largest absolute Gasteiger partial charge is 0.497 e. The third kappa shape index (κ3) is 4.78. The second-order valence-electron chi connectivity index (χ2n) is 6.17. The zero-order chi connectivity index (χ0) is 20.2. The standard InChI is InChI=1S/C21H17BrN4O2S/c1-28-17-8-2-14(3-9-17)18-12-26-19(24-18)10-11-21(25-26)29-13-20(27)23-16-6-4-15(22)5-7-16/h2-12H,13H2,1H3,(H,23,27). The molecule has 4 rings (SSSR count). The van der Waals surface area contributed by atoms with Gasteiger partial charge in [0.25, 0.3) is 0 Å². The summed E-state index contributed by atoms with van der Waals surface area (Å²) >= 11 is 4.76. The van der Waals surface area contributed by atoms with Gasteiger partial charge in [0.1, 0.15) is 10.8 Å². The highest BCUT2D eigenvalue weighted by atomic mass is 79.9. The van der Waals surface area contributed by atoms with Crippen LogP contribution in [-0.2, 0) is 4.79 Å². The maximum atomic E-state index is 12.2. The van der Waals surface area contributed by atoms with Crippen LogP contribution in [0, 0.1) is 0 Å². The number of fused-ring (bicyclic) bond motifs is 1. The quantitative estimate of drug-likeness (QED) is 0.407. The third-order valence-corrected chi connectivity index (χ3v) is 5.61. The molecule has 0 spiro atoms. The topological polar surface area (TPSA) is 68.5 Å². The second kappa shape index (κ2) is 8.67. The van der Waals surface area contributed by atoms with Gasteiger partial charge in [0, 0.05) is 15.7 Å². The SMILES string of the molecule is COc1ccc(-c2cn3nc(SCC(=O)Nc4ccc(Br)cc4)ccc3n2)cc1. The van der Waals surface area contributed by atoms with Crippen LogP contribution in [0.5, 0.6) is 5.75 Å². The number of nitrogens with one attached hydrogen (secondary N) is 1. The first-order chi connectivity index (χ1) is 14.1. The lowest BCUT2D eigenvalue weighted by Gasteiger charge is -2.05. The molecule has 0 aliphatic heterocycles. The Morgan fingerprint density at radius 1 is 1.10 bits per heavy atom. The van der Waals surface area contributed by atoms with Crippen LogP contribution in [0.4, 0.5) is 5.69 Å². The van der Waals surface area contributed by atoms with Crippen molar-refractivity contribution in [3.05, 3.63) is 71.3 Å². The van der Waals surface area contributed by atoms with Crippen LogP contribution in [0.2, 0.25) is 0 Å². The van der Waals surface area contributed by atoms with Crippen LogP contribution in [0.1, 0.15) is 0 Å². The molecular weight excluding hydrogens is 452 g/mol. The summed E-state index contributed by atoms with van der Waals surface area (Å²) in [6.07, 6.45) is 1.88. The Morgan fingerprint density at radius 3 is 2.59 bits per heavy atom. The van der Waals surface area contributed by atoms with Crippen molar-refractivity contribution in [3.8, 4) is 17.0 Å². The van der Waals surface area contributed by atoms with E-state index in [9.17, 15) is 4.79 Å². The monoisotopic (exact) mass is 468 g/mol. The molecule has 146 valence electrons. The number of imidazole rings is 1. The molecule has 0 saturated carbocycles. The lowest BCUT2D eigenvalue weighted by atomic mass is 10.2. The Bertz CT molecular complexity index is 1140. The minimum Gasteiger partial charge on any atom is -0.497 e. The number of ether oxygens (including phenoxy) is 1. The van der Waals surface area contributed by atoms with E-state index in [4.69, 9.17) is 4.74 Å². The fraction of sp³-hybridized carbons (Fsp3) is 0.0952. The zero-order valence-corrected chi connectivity index (χ0v) is 17.9. The van der Waals surface area contributed by atoms with Gasteiger partial charge in [0.05, 0.1) is 24.8 Å². The van der Waals surface area contributed by atoms with Crippen molar-refractivity contribution >= 4 is 44.9 Å². The van der Waals surface area contributed by atoms with Crippen molar-refractivity contribution in [1.82, 2.24) is 14.6 Å². The van der Waals surface area contributed by atoms with Gasteiger partial charge in [-0.15, -0.1) is 0 Å². The molecule has 2 aromatic carbocycles. The van der Waals surface area contributed by atoms with Gasteiger partial charge in [-0.05, 0) is 60.7 Å². The summed E-state index contributed by atoms with van der Waals surface area (Å²) in [4.78, 5) is 16.8. The van der Waals surface area contributed by atoms with Crippen LogP contribution in [-0.4, -0.2) is 33.4 Å². The van der Waals surface area contributed by atoms with E-state index in [2.05, 4.69) is 31.3 Å². The summed E-state index contributed by atoms with van der Waals surface area (Å²) in [5.74, 6) is 0.994. The molecule has 0 unspecified atom stereocenters. The molecule has 0 saturated heterocycles. The number of carbonyl (C=O) groups is 1. The maximum Gasteiger partial charge on any atom is 0.234 e. The van der Waals surface area contributed by atoms with Crippen molar-refractivity contribution in [2.75, 3.05) is 18.2 Å². The van der Waals surface area contributed by atoms with Gasteiger partial charge >= 0.3 is 0 Å². The smallest absolute Gasteiger partial charge is 0.234 e. The Kier molecular flexibility index (Phi) is 5.82. The van der Waals surface area contributed by atoms with Crippen molar-refractivity contribution in [1.29, 1.82) is 0 Å². The molecule has 2 aromatic heterocycles. The average molecular weight is 469 g/mol. The lowest BCUT2D eigenvalue weighted by molar-refractivity contribution is -0.113. The first-order valence-corrected chi connectivity index (χ1v) is 10.6. The predicted molar refractivity (Wildman–Crippen MR) is 118 cm³/mol. The highest BCUT2D eigenvalue weighted by Gasteiger charge is 2.09. The van der Waals surface area contributed by atoms with Gasteiger partial charge in [0.15, 0.2) is 5.65 Å². The number of rotatable bonds is 6. The number of thioether (sulfide) groups is 1. The molecule has 4 aromatic rings. The van der Waals surface area contributed by atoms with E-state index in [0.717, 1.165) is 37.8 Å². The first kappa shape index (κ1) is 19.5. The van der Waals surface area contributed by atoms with Crippen LogP contribution in [0.3, 0.4) is 0 Å². The van der Waals surface area contributed by atoms with Gasteiger partial charge in [-0.25, -0.2) is 9.50 Å². The van der Waals surface area contributed by atoms with E-state index < -0.39 is 0 Å². The summed E-state index contributed by atoms with van der Waals surface area (Å²) in [5.41, 5.74) is 3.33. The summed E-state index contributed by atoms with van der Waals surface area (Å²) in [6, 6.07) is 19.0. The molecule has 29 heavy (non-hydrogen) atoms. The molecular formula is C21H17BrN4O2S. The van der Waals surface area contributed by atoms with E-state index in [0.29, 0.717) is 0 Å². The Balaban J connectivity index is 1.43. The Morgan fingerprint density at radius 2 is 1.86 bits per heavy atom. The molecule has 1 N–H and O–H groups in total. The zero-order valence-electron chi connectivity index (χ0n) is 15.5. The van der Waals surface area contributed by atoms with E-state index in [1.807, 2.05) is 66.9 Å². The fourth-order valence-electron chi connectivity index (χ4n) is 2.71. The number of halogens is 1. The number of carbonyl (C=O) groups excluding carboxylic acids is 1. The summed E-state index contributed by atoms with van der Waals surface area (Å²) in [5, 5.41) is 8.18. The van der Waals surface area contributed by atoms with Gasteiger partial charge < -0.3 is 10.1 Å². The predicted octanol–water partition coefficient (Wildman–Crippen LogP) is 4.90. The minimum absolute atomic E-state index is 0.0798. The van der Waals surface area contributed by atoms with Crippen molar-refractivity contribution in [3.63, 3.8) is 0 Å². The van der Waals surface area contributed by atoms with Crippen LogP contribution in [0.25, 0.3) is 16.9 Å². The molecule has 8 heteroatoms. The summed E-state index contributed by atoms with van der Waals surface area (Å²) in [7, 11) is 1.64. The number of anilines is 1. The molecule has 0 bridgehead atoms. The van der Waals surface area contributed by atoms with Crippen molar-refractivity contribution in [2.24, 2.45) is 0 Å². The summed E-state index contributed by atoms with van der Waals surface area (Å²) < 4.78 is 7.89. The molecule has 1 amide bonds. The number of aromatic nitrogens is 3. The number of amides is 1. The van der Waals surface area contributed by atoms with Gasteiger partial charge in [-0.2, -0.15) is 5.10 Å². The third-order valence-electron chi connectivity index (χ3n) is 4.16. The fourth-order valence-corrected chi connectivity index (χ4v) is 3.64. The normalized spacial score (nSPS) is 10.8. The van der Waals surface area contributed by atoms with Crippen molar-refractivity contribution < 1.29 is 9.53 Å². The van der Waals surface area contributed by atoms with Crippen LogP contribution < -0.4 is 10.1 Å². The van der Waals surface area contributed by atoms with Gasteiger partial charge in [-0.1, -0.05) is 27.7 Å². The Hall–Kier alpha value is -2.84.